The number of aryl methyl sites for hydroxylation is 1. The highest BCUT2D eigenvalue weighted by Gasteiger charge is 2.26. The van der Waals surface area contributed by atoms with Gasteiger partial charge in [-0.2, -0.15) is 0 Å². The molecule has 2 N–H and O–H groups in total. The lowest BCUT2D eigenvalue weighted by Crippen LogP contribution is -2.44. The third kappa shape index (κ3) is 11.1. The van der Waals surface area contributed by atoms with Crippen LogP contribution >= 0.6 is 0 Å². The Morgan fingerprint density at radius 2 is 1.46 bits per heavy atom. The number of esters is 1. The van der Waals surface area contributed by atoms with E-state index in [0.717, 1.165) is 16.7 Å². The van der Waals surface area contributed by atoms with Crippen LogP contribution in [0, 0.1) is 12.8 Å². The van der Waals surface area contributed by atoms with Gasteiger partial charge >= 0.3 is 12.1 Å². The Morgan fingerprint density at radius 1 is 0.886 bits per heavy atom. The first-order valence-corrected chi connectivity index (χ1v) is 12.0. The minimum atomic E-state index is -0.790. The van der Waals surface area contributed by atoms with Gasteiger partial charge in [-0.25, -0.2) is 9.59 Å². The molecule has 190 valence electrons. The zero-order valence-corrected chi connectivity index (χ0v) is 21.6. The van der Waals surface area contributed by atoms with Crippen molar-refractivity contribution in [1.29, 1.82) is 0 Å². The molecule has 0 aliphatic heterocycles. The molecular formula is C28H38N2O5. The van der Waals surface area contributed by atoms with Gasteiger partial charge in [0.2, 0.25) is 5.91 Å². The quantitative estimate of drug-likeness (QED) is 0.473. The van der Waals surface area contributed by atoms with Crippen molar-refractivity contribution in [2.75, 3.05) is 0 Å². The second kappa shape index (κ2) is 12.9. The molecule has 7 heteroatoms. The van der Waals surface area contributed by atoms with Crippen molar-refractivity contribution in [3.05, 3.63) is 70.8 Å². The minimum absolute atomic E-state index is 0.0607. The van der Waals surface area contributed by atoms with Gasteiger partial charge in [-0.05, 0) is 56.7 Å². The molecular weight excluding hydrogens is 444 g/mol. The minimum Gasteiger partial charge on any atom is -0.459 e. The number of alkyl carbamates (subject to hydrolysis) is 1. The molecule has 2 aromatic rings. The van der Waals surface area contributed by atoms with Gasteiger partial charge in [0, 0.05) is 6.54 Å². The van der Waals surface area contributed by atoms with E-state index in [0.29, 0.717) is 13.0 Å². The van der Waals surface area contributed by atoms with Crippen molar-refractivity contribution in [1.82, 2.24) is 10.6 Å². The molecule has 2 amide bonds. The molecule has 35 heavy (non-hydrogen) atoms. The molecule has 0 spiro atoms. The maximum atomic E-state index is 12.6. The maximum absolute atomic E-state index is 12.6. The van der Waals surface area contributed by atoms with Gasteiger partial charge in [-0.3, -0.25) is 4.79 Å². The largest absolute Gasteiger partial charge is 0.459 e. The fraction of sp³-hybridized carbons (Fsp3) is 0.464. The predicted octanol–water partition coefficient (Wildman–Crippen LogP) is 4.84. The molecule has 0 fully saturated rings. The zero-order chi connectivity index (χ0) is 26.0. The van der Waals surface area contributed by atoms with E-state index in [1.54, 1.807) is 20.8 Å². The summed E-state index contributed by atoms with van der Waals surface area (Å²) in [7, 11) is 0. The maximum Gasteiger partial charge on any atom is 0.408 e. The van der Waals surface area contributed by atoms with E-state index in [9.17, 15) is 14.4 Å². The van der Waals surface area contributed by atoms with Crippen LogP contribution in [0.15, 0.2) is 48.5 Å². The number of hydrogen-bond acceptors (Lipinski definition) is 5. The lowest BCUT2D eigenvalue weighted by molar-refractivity contribution is -0.148. The van der Waals surface area contributed by atoms with Crippen LogP contribution in [-0.4, -0.2) is 29.6 Å². The summed E-state index contributed by atoms with van der Waals surface area (Å²) in [4.78, 5) is 37.0. The molecule has 0 heterocycles. The number of nitrogens with one attached hydrogen (secondary N) is 2. The number of carbonyl (C=O) groups is 3. The SMILES string of the molecule is Cc1ccc(CNC(=O)Cc2ccc(COC(=O)[C@@H](CC(C)C)NC(=O)OC(C)(C)C)cc2)cc1. The van der Waals surface area contributed by atoms with Crippen LogP contribution in [0.25, 0.3) is 0 Å². The van der Waals surface area contributed by atoms with Crippen LogP contribution in [0.3, 0.4) is 0 Å². The standard InChI is InChI=1S/C28H38N2O5/c1-19(2)15-24(30-27(33)35-28(4,5)6)26(32)34-18-23-13-11-21(12-14-23)16-25(31)29-17-22-9-7-20(3)8-10-22/h7-14,19,24H,15-18H2,1-6H3,(H,29,31)(H,30,33)/t24-/m1/s1. The van der Waals surface area contributed by atoms with Gasteiger partial charge in [-0.15, -0.1) is 0 Å². The summed E-state index contributed by atoms with van der Waals surface area (Å²) in [5, 5.41) is 5.54. The van der Waals surface area contributed by atoms with Crippen LogP contribution in [0.2, 0.25) is 0 Å². The average molecular weight is 483 g/mol. The van der Waals surface area contributed by atoms with E-state index in [1.165, 1.54) is 5.56 Å². The van der Waals surface area contributed by atoms with Crippen molar-refractivity contribution in [3.8, 4) is 0 Å². The normalized spacial score (nSPS) is 12.1. The first-order chi connectivity index (χ1) is 16.4. The summed E-state index contributed by atoms with van der Waals surface area (Å²) >= 11 is 0. The second-order valence-electron chi connectivity index (χ2n) is 10.2. The van der Waals surface area contributed by atoms with E-state index in [1.807, 2.05) is 69.3 Å². The topological polar surface area (TPSA) is 93.7 Å². The summed E-state index contributed by atoms with van der Waals surface area (Å²) in [5.74, 6) is -0.391. The Bertz CT molecular complexity index is 976. The van der Waals surface area contributed by atoms with Crippen molar-refractivity contribution in [2.24, 2.45) is 5.92 Å². The lowest BCUT2D eigenvalue weighted by atomic mass is 10.0. The molecule has 0 aliphatic carbocycles. The molecule has 0 bridgehead atoms. The Balaban J connectivity index is 1.84. The summed E-state index contributed by atoms with van der Waals surface area (Å²) < 4.78 is 10.7. The van der Waals surface area contributed by atoms with E-state index in [2.05, 4.69) is 10.6 Å². The van der Waals surface area contributed by atoms with Crippen LogP contribution in [-0.2, 0) is 38.6 Å². The van der Waals surface area contributed by atoms with Gasteiger partial charge in [0.05, 0.1) is 6.42 Å². The van der Waals surface area contributed by atoms with E-state index >= 15 is 0 Å². The fourth-order valence-electron chi connectivity index (χ4n) is 3.30. The summed E-state index contributed by atoms with van der Waals surface area (Å²) in [5.41, 5.74) is 3.24. The van der Waals surface area contributed by atoms with Crippen LogP contribution in [0.5, 0.6) is 0 Å². The van der Waals surface area contributed by atoms with Gasteiger partial charge in [0.15, 0.2) is 0 Å². The molecule has 0 radical (unpaired) electrons. The van der Waals surface area contributed by atoms with Gasteiger partial charge in [-0.1, -0.05) is 67.9 Å². The average Bonchev–Trinajstić information content (AvgIpc) is 2.76. The summed E-state index contributed by atoms with van der Waals surface area (Å²) in [6.07, 6.45) is 0.0572. The van der Waals surface area contributed by atoms with Gasteiger partial charge in [0.25, 0.3) is 0 Å². The summed E-state index contributed by atoms with van der Waals surface area (Å²) in [6, 6.07) is 14.6. The Morgan fingerprint density at radius 3 is 2.03 bits per heavy atom. The van der Waals surface area contributed by atoms with E-state index in [-0.39, 0.29) is 24.9 Å². The van der Waals surface area contributed by atoms with Crippen molar-refractivity contribution >= 4 is 18.0 Å². The molecule has 2 aromatic carbocycles. The third-order valence-corrected chi connectivity index (χ3v) is 5.06. The zero-order valence-electron chi connectivity index (χ0n) is 21.6. The molecule has 0 saturated heterocycles. The Hall–Kier alpha value is -3.35. The number of carbonyl (C=O) groups excluding carboxylic acids is 3. The molecule has 2 rings (SSSR count). The molecule has 0 aromatic heterocycles. The van der Waals surface area contributed by atoms with Crippen molar-refractivity contribution in [3.63, 3.8) is 0 Å². The van der Waals surface area contributed by atoms with Crippen molar-refractivity contribution in [2.45, 2.75) is 79.2 Å². The third-order valence-electron chi connectivity index (χ3n) is 5.06. The van der Waals surface area contributed by atoms with E-state index < -0.39 is 23.7 Å². The fourth-order valence-corrected chi connectivity index (χ4v) is 3.30. The lowest BCUT2D eigenvalue weighted by Gasteiger charge is -2.23. The molecule has 1 atom stereocenters. The molecule has 7 nitrogen and oxygen atoms in total. The number of amides is 2. The monoisotopic (exact) mass is 482 g/mol. The molecule has 0 saturated carbocycles. The Kier molecular flexibility index (Phi) is 10.3. The van der Waals surface area contributed by atoms with Crippen LogP contribution in [0.4, 0.5) is 4.79 Å². The highest BCUT2D eigenvalue weighted by Crippen LogP contribution is 2.12. The number of rotatable bonds is 10. The first kappa shape index (κ1) is 27.9. The second-order valence-corrected chi connectivity index (χ2v) is 10.2. The highest BCUT2D eigenvalue weighted by atomic mass is 16.6. The Labute approximate surface area is 208 Å². The molecule has 0 unspecified atom stereocenters. The van der Waals surface area contributed by atoms with Gasteiger partial charge < -0.3 is 20.1 Å². The predicted molar refractivity (Wildman–Crippen MR) is 136 cm³/mol. The highest BCUT2D eigenvalue weighted by molar-refractivity contribution is 5.81. The van der Waals surface area contributed by atoms with Crippen molar-refractivity contribution < 1.29 is 23.9 Å². The first-order valence-electron chi connectivity index (χ1n) is 12.0. The number of hydrogen-bond donors (Lipinski definition) is 2. The molecule has 0 aliphatic rings. The number of ether oxygens (including phenoxy) is 2. The summed E-state index contributed by atoms with van der Waals surface area (Å²) in [6.45, 7) is 11.8. The smallest absolute Gasteiger partial charge is 0.408 e. The van der Waals surface area contributed by atoms with Gasteiger partial charge in [0.1, 0.15) is 18.2 Å². The number of benzene rings is 2. The van der Waals surface area contributed by atoms with Crippen LogP contribution < -0.4 is 10.6 Å². The van der Waals surface area contributed by atoms with E-state index in [4.69, 9.17) is 9.47 Å². The van der Waals surface area contributed by atoms with Crippen LogP contribution in [0.1, 0.15) is 63.3 Å².